The summed E-state index contributed by atoms with van der Waals surface area (Å²) < 4.78 is 31.7. The van der Waals surface area contributed by atoms with Crippen LogP contribution in [-0.4, -0.2) is 74.5 Å². The monoisotopic (exact) mass is 436 g/mol. The largest absolute Gasteiger partial charge is 0.490 e. The van der Waals surface area contributed by atoms with Crippen molar-refractivity contribution in [2.24, 2.45) is 11.8 Å². The summed E-state index contributed by atoms with van der Waals surface area (Å²) in [6.07, 6.45) is 2.09. The lowest BCUT2D eigenvalue weighted by Crippen LogP contribution is -2.65. The van der Waals surface area contributed by atoms with Crippen LogP contribution in [-0.2, 0) is 14.4 Å². The van der Waals surface area contributed by atoms with Gasteiger partial charge in [-0.1, -0.05) is 0 Å². The third kappa shape index (κ3) is 4.88. The molecule has 1 heterocycles. The second-order valence-corrected chi connectivity index (χ2v) is 9.21. The van der Waals surface area contributed by atoms with E-state index in [1.807, 2.05) is 0 Å². The number of halogens is 3. The topological polar surface area (TPSA) is 127 Å². The Morgan fingerprint density at radius 2 is 1.63 bits per heavy atom. The van der Waals surface area contributed by atoms with Crippen molar-refractivity contribution in [3.8, 4) is 0 Å². The van der Waals surface area contributed by atoms with Crippen LogP contribution in [0.4, 0.5) is 13.2 Å². The SMILES string of the molecule is O=C(O)C(F)(F)F.O=C(O)[C@@H]1CCCN1C(=O)CNC12C[C@@H]3C[C@@H](CC(O)(C3)C1)C2. The number of nitrogens with one attached hydrogen (secondary N) is 1. The van der Waals surface area contributed by atoms with Gasteiger partial charge in [0.05, 0.1) is 12.1 Å². The second kappa shape index (κ2) is 7.99. The highest BCUT2D eigenvalue weighted by atomic mass is 19.4. The summed E-state index contributed by atoms with van der Waals surface area (Å²) in [6, 6.07) is -0.662. The Morgan fingerprint density at radius 3 is 2.10 bits per heavy atom. The maximum atomic E-state index is 12.5. The highest BCUT2D eigenvalue weighted by Crippen LogP contribution is 2.57. The van der Waals surface area contributed by atoms with Crippen molar-refractivity contribution in [3.63, 3.8) is 0 Å². The zero-order chi connectivity index (χ0) is 22.3. The van der Waals surface area contributed by atoms with Crippen LogP contribution in [0.1, 0.15) is 51.4 Å². The molecule has 5 atom stereocenters. The van der Waals surface area contributed by atoms with Crippen molar-refractivity contribution in [2.45, 2.75) is 74.7 Å². The molecule has 170 valence electrons. The normalized spacial score (nSPS) is 36.9. The number of carboxylic acid groups (broad SMARTS) is 2. The van der Waals surface area contributed by atoms with Gasteiger partial charge in [0, 0.05) is 12.1 Å². The summed E-state index contributed by atoms with van der Waals surface area (Å²) in [5.41, 5.74) is -0.662. The third-order valence-electron chi connectivity index (χ3n) is 6.75. The molecule has 5 fully saturated rings. The highest BCUT2D eigenvalue weighted by Gasteiger charge is 2.57. The summed E-state index contributed by atoms with van der Waals surface area (Å²) in [4.78, 5) is 34.1. The smallest absolute Gasteiger partial charge is 0.480 e. The number of carboxylic acids is 2. The van der Waals surface area contributed by atoms with Gasteiger partial charge in [-0.25, -0.2) is 9.59 Å². The van der Waals surface area contributed by atoms with E-state index in [-0.39, 0.29) is 18.0 Å². The first-order valence-corrected chi connectivity index (χ1v) is 10.1. The maximum Gasteiger partial charge on any atom is 0.490 e. The van der Waals surface area contributed by atoms with Gasteiger partial charge < -0.3 is 25.5 Å². The van der Waals surface area contributed by atoms with Crippen molar-refractivity contribution in [1.82, 2.24) is 10.2 Å². The maximum absolute atomic E-state index is 12.5. The first-order valence-electron chi connectivity index (χ1n) is 10.1. The minimum Gasteiger partial charge on any atom is -0.480 e. The molecule has 0 radical (unpaired) electrons. The lowest BCUT2D eigenvalue weighted by molar-refractivity contribution is -0.192. The predicted molar refractivity (Wildman–Crippen MR) is 96.4 cm³/mol. The average Bonchev–Trinajstić information content (AvgIpc) is 3.07. The minimum absolute atomic E-state index is 0.113. The molecule has 2 unspecified atom stereocenters. The first kappa shape index (κ1) is 22.8. The van der Waals surface area contributed by atoms with E-state index in [1.165, 1.54) is 11.3 Å². The Balaban J connectivity index is 0.000000318. The summed E-state index contributed by atoms with van der Waals surface area (Å²) in [5.74, 6) is -2.63. The van der Waals surface area contributed by atoms with Crippen LogP contribution in [0.25, 0.3) is 0 Å². The van der Waals surface area contributed by atoms with E-state index in [4.69, 9.17) is 9.90 Å². The number of amides is 1. The summed E-state index contributed by atoms with van der Waals surface area (Å²) in [7, 11) is 0. The fourth-order valence-corrected chi connectivity index (χ4v) is 6.11. The van der Waals surface area contributed by atoms with Crippen molar-refractivity contribution < 1.29 is 42.9 Å². The number of nitrogens with zero attached hydrogens (tertiary/aromatic N) is 1. The van der Waals surface area contributed by atoms with E-state index in [9.17, 15) is 33.0 Å². The number of carbonyl (C=O) groups excluding carboxylic acids is 1. The Hall–Kier alpha value is -1.88. The number of likely N-dealkylation sites (tertiary alicyclic amines) is 1. The number of aliphatic carboxylic acids is 2. The molecular weight excluding hydrogens is 409 g/mol. The molecule has 0 aromatic rings. The van der Waals surface area contributed by atoms with E-state index < -0.39 is 29.8 Å². The van der Waals surface area contributed by atoms with Crippen molar-refractivity contribution in [2.75, 3.05) is 13.1 Å². The fourth-order valence-electron chi connectivity index (χ4n) is 6.11. The Kier molecular flexibility index (Phi) is 6.07. The summed E-state index contributed by atoms with van der Waals surface area (Å²) >= 11 is 0. The number of hydrogen-bond acceptors (Lipinski definition) is 5. The van der Waals surface area contributed by atoms with E-state index in [0.29, 0.717) is 24.8 Å². The number of carbonyl (C=O) groups is 3. The zero-order valence-corrected chi connectivity index (χ0v) is 16.5. The second-order valence-electron chi connectivity index (χ2n) is 9.21. The molecule has 4 aliphatic carbocycles. The van der Waals surface area contributed by atoms with Gasteiger partial charge in [0.15, 0.2) is 0 Å². The van der Waals surface area contributed by atoms with Crippen molar-refractivity contribution in [3.05, 3.63) is 0 Å². The molecule has 11 heteroatoms. The van der Waals surface area contributed by atoms with E-state index in [2.05, 4.69) is 5.32 Å². The number of aliphatic hydroxyl groups is 1. The highest BCUT2D eigenvalue weighted by molar-refractivity contribution is 5.85. The summed E-state index contributed by atoms with van der Waals surface area (Å²) in [5, 5.41) is 30.5. The Bertz CT molecular complexity index is 699. The van der Waals surface area contributed by atoms with Gasteiger partial charge in [-0.3, -0.25) is 4.79 Å². The minimum atomic E-state index is -5.08. The number of rotatable bonds is 4. The van der Waals surface area contributed by atoms with Crippen LogP contribution in [0, 0.1) is 11.8 Å². The van der Waals surface area contributed by atoms with E-state index in [0.717, 1.165) is 38.5 Å². The van der Waals surface area contributed by atoms with Gasteiger partial charge in [-0.15, -0.1) is 0 Å². The van der Waals surface area contributed by atoms with Gasteiger partial charge in [0.25, 0.3) is 0 Å². The third-order valence-corrected chi connectivity index (χ3v) is 6.75. The summed E-state index contributed by atoms with van der Waals surface area (Å²) in [6.45, 7) is 0.735. The lowest BCUT2D eigenvalue weighted by atomic mass is 9.51. The molecule has 5 rings (SSSR count). The standard InChI is InChI=1S/C17H26N2O4.C2HF3O2/c20-14(19-3-1-2-13(19)15(21)22)9-18-16-5-11-4-12(6-16)8-17(23,7-11)10-16;3-2(4,5)1(6)7/h11-13,18,23H,1-10H2,(H,21,22);(H,6,7)/t11-,12+,13-,16?,17?;/m0./s1. The van der Waals surface area contributed by atoms with Crippen LogP contribution in [0.15, 0.2) is 0 Å². The van der Waals surface area contributed by atoms with Crippen LogP contribution in [0.2, 0.25) is 0 Å². The molecule has 4 bridgehead atoms. The molecule has 0 aromatic heterocycles. The van der Waals surface area contributed by atoms with E-state index in [1.54, 1.807) is 0 Å². The van der Waals surface area contributed by atoms with E-state index >= 15 is 0 Å². The van der Waals surface area contributed by atoms with Crippen molar-refractivity contribution in [1.29, 1.82) is 0 Å². The van der Waals surface area contributed by atoms with Crippen LogP contribution >= 0.6 is 0 Å². The Labute approximate surface area is 171 Å². The molecule has 1 amide bonds. The quantitative estimate of drug-likeness (QED) is 0.524. The molecule has 4 N–H and O–H groups in total. The lowest BCUT2D eigenvalue weighted by Gasteiger charge is -2.60. The average molecular weight is 436 g/mol. The van der Waals surface area contributed by atoms with Crippen molar-refractivity contribution >= 4 is 17.8 Å². The molecule has 5 aliphatic rings. The zero-order valence-electron chi connectivity index (χ0n) is 16.5. The molecule has 8 nitrogen and oxygen atoms in total. The molecule has 0 spiro atoms. The molecule has 4 saturated carbocycles. The fraction of sp³-hybridized carbons (Fsp3) is 0.842. The predicted octanol–water partition coefficient (Wildman–Crippen LogP) is 1.37. The van der Waals surface area contributed by atoms with Gasteiger partial charge in [0.1, 0.15) is 6.04 Å². The van der Waals surface area contributed by atoms with Gasteiger partial charge in [-0.2, -0.15) is 13.2 Å². The number of hydrogen-bond donors (Lipinski definition) is 4. The number of alkyl halides is 3. The van der Waals surface area contributed by atoms with Crippen LogP contribution in [0.5, 0.6) is 0 Å². The molecular formula is C19H27F3N2O6. The molecule has 0 aromatic carbocycles. The van der Waals surface area contributed by atoms with Gasteiger partial charge >= 0.3 is 18.1 Å². The molecule has 1 aliphatic heterocycles. The molecule has 30 heavy (non-hydrogen) atoms. The molecule has 1 saturated heterocycles. The first-order chi connectivity index (χ1) is 13.8. The van der Waals surface area contributed by atoms with Crippen LogP contribution in [0.3, 0.4) is 0 Å². The van der Waals surface area contributed by atoms with Gasteiger partial charge in [-0.05, 0) is 63.2 Å². The van der Waals surface area contributed by atoms with Gasteiger partial charge in [0.2, 0.25) is 5.91 Å². The van der Waals surface area contributed by atoms with Crippen LogP contribution < -0.4 is 5.32 Å². The Morgan fingerprint density at radius 1 is 1.07 bits per heavy atom.